The van der Waals surface area contributed by atoms with E-state index in [0.29, 0.717) is 24.6 Å². The van der Waals surface area contributed by atoms with Gasteiger partial charge in [-0.2, -0.15) is 0 Å². The lowest BCUT2D eigenvalue weighted by molar-refractivity contribution is 0.0954. The molecule has 27 heavy (non-hydrogen) atoms. The van der Waals surface area contributed by atoms with Crippen molar-refractivity contribution in [2.75, 3.05) is 18.1 Å². The molecule has 2 heterocycles. The van der Waals surface area contributed by atoms with Crippen molar-refractivity contribution in [2.45, 2.75) is 13.5 Å². The summed E-state index contributed by atoms with van der Waals surface area (Å²) in [5.41, 5.74) is 2.41. The molecule has 138 valence electrons. The predicted molar refractivity (Wildman–Crippen MR) is 103 cm³/mol. The molecule has 1 N–H and O–H groups in total. The number of nitrogens with one attached hydrogen (secondary N) is 1. The summed E-state index contributed by atoms with van der Waals surface area (Å²) in [5, 5.41) is 3.67. The van der Waals surface area contributed by atoms with E-state index in [4.69, 9.17) is 4.74 Å². The van der Waals surface area contributed by atoms with Gasteiger partial charge in [0.1, 0.15) is 12.4 Å². The number of hydrogen-bond donors (Lipinski definition) is 1. The van der Waals surface area contributed by atoms with E-state index in [1.807, 2.05) is 31.2 Å². The van der Waals surface area contributed by atoms with Crippen LogP contribution < -0.4 is 10.2 Å². The number of halogens is 1. The van der Waals surface area contributed by atoms with Gasteiger partial charge in [-0.1, -0.05) is 12.1 Å². The molecular formula is C20H17FN2O3S. The number of anilines is 1. The van der Waals surface area contributed by atoms with Crippen LogP contribution in [0, 0.1) is 12.7 Å². The average molecular weight is 384 g/mol. The molecule has 0 saturated carbocycles. The highest BCUT2D eigenvalue weighted by molar-refractivity contribution is 7.21. The lowest BCUT2D eigenvalue weighted by atomic mass is 10.1. The molecule has 5 nitrogen and oxygen atoms in total. The first-order valence-electron chi connectivity index (χ1n) is 8.53. The Hall–Kier alpha value is -2.93. The van der Waals surface area contributed by atoms with Crippen molar-refractivity contribution in [1.82, 2.24) is 5.32 Å². The number of thiophene rings is 1. The van der Waals surface area contributed by atoms with Gasteiger partial charge < -0.3 is 10.1 Å². The molecule has 1 saturated heterocycles. The summed E-state index contributed by atoms with van der Waals surface area (Å²) < 4.78 is 19.3. The van der Waals surface area contributed by atoms with Gasteiger partial charge in [0.05, 0.1) is 11.4 Å². The summed E-state index contributed by atoms with van der Waals surface area (Å²) in [6.07, 6.45) is -0.357. The minimum absolute atomic E-state index is 0.194. The lowest BCUT2D eigenvalue weighted by Crippen LogP contribution is -2.24. The van der Waals surface area contributed by atoms with E-state index < -0.39 is 0 Å². The highest BCUT2D eigenvalue weighted by Crippen LogP contribution is 2.31. The van der Waals surface area contributed by atoms with E-state index in [0.717, 1.165) is 26.9 Å². The quantitative estimate of drug-likeness (QED) is 0.732. The van der Waals surface area contributed by atoms with Gasteiger partial charge in [0.2, 0.25) is 0 Å². The number of fused-ring (bicyclic) bond motifs is 1. The fourth-order valence-corrected chi connectivity index (χ4v) is 4.24. The molecule has 3 aromatic rings. The molecule has 2 aromatic carbocycles. The fraction of sp³-hybridized carbons (Fsp3) is 0.200. The van der Waals surface area contributed by atoms with Gasteiger partial charge in [-0.15, -0.1) is 11.3 Å². The molecule has 0 unspecified atom stereocenters. The lowest BCUT2D eigenvalue weighted by Gasteiger charge is -2.14. The van der Waals surface area contributed by atoms with Crippen LogP contribution in [-0.4, -0.2) is 25.2 Å². The number of ether oxygens (including phenoxy) is 1. The van der Waals surface area contributed by atoms with Crippen LogP contribution in [0.2, 0.25) is 0 Å². The van der Waals surface area contributed by atoms with E-state index in [-0.39, 0.29) is 17.8 Å². The van der Waals surface area contributed by atoms with Crippen molar-refractivity contribution in [2.24, 2.45) is 0 Å². The standard InChI is InChI=1S/C20H17FN2O3S/c1-12-16-10-14(21)5-6-17(16)27-18(12)19(24)22-11-13-3-2-4-15(9-13)23-7-8-26-20(23)25/h2-6,9-10H,7-8,11H2,1H3,(H,22,24). The monoisotopic (exact) mass is 384 g/mol. The van der Waals surface area contributed by atoms with Gasteiger partial charge in [0.25, 0.3) is 5.91 Å². The van der Waals surface area contributed by atoms with Gasteiger partial charge in [0, 0.05) is 16.9 Å². The van der Waals surface area contributed by atoms with Gasteiger partial charge in [-0.3, -0.25) is 9.69 Å². The molecular weight excluding hydrogens is 367 g/mol. The summed E-state index contributed by atoms with van der Waals surface area (Å²) in [6, 6.07) is 12.0. The maximum Gasteiger partial charge on any atom is 0.414 e. The number of amides is 2. The second-order valence-electron chi connectivity index (χ2n) is 6.32. The second-order valence-corrected chi connectivity index (χ2v) is 7.37. The van der Waals surface area contributed by atoms with Crippen LogP contribution in [0.5, 0.6) is 0 Å². The normalized spacial score (nSPS) is 13.9. The second kappa shape index (κ2) is 7.00. The van der Waals surface area contributed by atoms with Crippen molar-refractivity contribution in [3.8, 4) is 0 Å². The largest absolute Gasteiger partial charge is 0.447 e. The maximum absolute atomic E-state index is 13.5. The third-order valence-electron chi connectivity index (χ3n) is 4.54. The average Bonchev–Trinajstić information content (AvgIpc) is 3.24. The maximum atomic E-state index is 13.5. The van der Waals surface area contributed by atoms with Crippen molar-refractivity contribution in [3.05, 3.63) is 64.3 Å². The Kier molecular flexibility index (Phi) is 4.53. The fourth-order valence-electron chi connectivity index (χ4n) is 3.13. The molecule has 7 heteroatoms. The van der Waals surface area contributed by atoms with Crippen LogP contribution >= 0.6 is 11.3 Å². The Morgan fingerprint density at radius 2 is 2.15 bits per heavy atom. The summed E-state index contributed by atoms with van der Waals surface area (Å²) in [7, 11) is 0. The zero-order chi connectivity index (χ0) is 19.0. The van der Waals surface area contributed by atoms with E-state index >= 15 is 0 Å². The van der Waals surface area contributed by atoms with E-state index in [2.05, 4.69) is 5.32 Å². The smallest absolute Gasteiger partial charge is 0.414 e. The number of cyclic esters (lactones) is 1. The molecule has 0 bridgehead atoms. The first-order valence-corrected chi connectivity index (χ1v) is 9.34. The zero-order valence-corrected chi connectivity index (χ0v) is 15.4. The number of rotatable bonds is 4. The summed E-state index contributed by atoms with van der Waals surface area (Å²) in [6.45, 7) is 3.06. The number of carbonyl (C=O) groups is 2. The van der Waals surface area contributed by atoms with Crippen LogP contribution in [0.25, 0.3) is 10.1 Å². The SMILES string of the molecule is Cc1c(C(=O)NCc2cccc(N3CCOC3=O)c2)sc2ccc(F)cc12. The third kappa shape index (κ3) is 3.38. The van der Waals surface area contributed by atoms with Crippen LogP contribution in [0.1, 0.15) is 20.8 Å². The van der Waals surface area contributed by atoms with Gasteiger partial charge in [0.15, 0.2) is 0 Å². The topological polar surface area (TPSA) is 58.6 Å². The van der Waals surface area contributed by atoms with E-state index in [1.54, 1.807) is 11.0 Å². The minimum atomic E-state index is -0.357. The van der Waals surface area contributed by atoms with Crippen molar-refractivity contribution in [3.63, 3.8) is 0 Å². The van der Waals surface area contributed by atoms with Crippen LogP contribution in [-0.2, 0) is 11.3 Å². The van der Waals surface area contributed by atoms with E-state index in [9.17, 15) is 14.0 Å². The Labute approximate surface area is 159 Å². The number of hydrogen-bond acceptors (Lipinski definition) is 4. The number of benzene rings is 2. The number of nitrogens with zero attached hydrogens (tertiary/aromatic N) is 1. The van der Waals surface area contributed by atoms with Crippen LogP contribution in [0.3, 0.4) is 0 Å². The van der Waals surface area contributed by atoms with Crippen molar-refractivity contribution in [1.29, 1.82) is 0 Å². The predicted octanol–water partition coefficient (Wildman–Crippen LogP) is 4.24. The molecule has 1 fully saturated rings. The molecule has 4 rings (SSSR count). The van der Waals surface area contributed by atoms with Crippen molar-refractivity contribution >= 4 is 39.1 Å². The van der Waals surface area contributed by atoms with Crippen LogP contribution in [0.15, 0.2) is 42.5 Å². The molecule has 2 amide bonds. The molecule has 0 atom stereocenters. The Balaban J connectivity index is 1.50. The molecule has 0 radical (unpaired) electrons. The first-order chi connectivity index (χ1) is 13.0. The zero-order valence-electron chi connectivity index (χ0n) is 14.6. The molecule has 0 aliphatic carbocycles. The number of carbonyl (C=O) groups excluding carboxylic acids is 2. The molecule has 1 aliphatic heterocycles. The number of aryl methyl sites for hydroxylation is 1. The first kappa shape index (κ1) is 17.5. The van der Waals surface area contributed by atoms with Gasteiger partial charge >= 0.3 is 6.09 Å². The Bertz CT molecular complexity index is 1050. The highest BCUT2D eigenvalue weighted by atomic mass is 32.1. The third-order valence-corrected chi connectivity index (χ3v) is 5.81. The summed E-state index contributed by atoms with van der Waals surface area (Å²) >= 11 is 1.35. The molecule has 1 aromatic heterocycles. The van der Waals surface area contributed by atoms with Gasteiger partial charge in [-0.05, 0) is 53.8 Å². The summed E-state index contributed by atoms with van der Waals surface area (Å²) in [5.74, 6) is -0.507. The van der Waals surface area contributed by atoms with Gasteiger partial charge in [-0.25, -0.2) is 9.18 Å². The minimum Gasteiger partial charge on any atom is -0.447 e. The molecule has 0 spiro atoms. The molecule has 1 aliphatic rings. The van der Waals surface area contributed by atoms with Crippen molar-refractivity contribution < 1.29 is 18.7 Å². The summed E-state index contributed by atoms with van der Waals surface area (Å²) in [4.78, 5) is 26.4. The highest BCUT2D eigenvalue weighted by Gasteiger charge is 2.23. The van der Waals surface area contributed by atoms with Crippen LogP contribution in [0.4, 0.5) is 14.9 Å². The van der Waals surface area contributed by atoms with E-state index in [1.165, 1.54) is 23.5 Å². The Morgan fingerprint density at radius 1 is 1.30 bits per heavy atom. The Morgan fingerprint density at radius 3 is 2.93 bits per heavy atom.